The number of hydrogen-bond acceptors (Lipinski definition) is 10. The molecule has 2 unspecified atom stereocenters. The molecule has 11 heteroatoms. The zero-order valence-electron chi connectivity index (χ0n) is 16.6. The fraction of sp³-hybridized carbons (Fsp3) is 0.714. The van der Waals surface area contributed by atoms with Gasteiger partial charge in [0.15, 0.2) is 28.7 Å². The number of aliphatic hydroxyl groups excluding tert-OH is 1. The van der Waals surface area contributed by atoms with Crippen molar-refractivity contribution in [2.24, 2.45) is 0 Å². The van der Waals surface area contributed by atoms with E-state index in [-0.39, 0.29) is 0 Å². The Balaban J connectivity index is 4.07. The van der Waals surface area contributed by atoms with E-state index >= 15 is 0 Å². The van der Waals surface area contributed by atoms with E-state index in [0.29, 0.717) is 0 Å². The van der Waals surface area contributed by atoms with E-state index in [9.17, 15) is 44.7 Å². The summed E-state index contributed by atoms with van der Waals surface area (Å²) in [4.78, 5) is 49.0. The predicted molar refractivity (Wildman–Crippen MR) is 82.3 cm³/mol. The molecule has 1 saturated heterocycles. The van der Waals surface area contributed by atoms with Gasteiger partial charge in [-0.2, -0.15) is 0 Å². The molecule has 0 amide bonds. The lowest BCUT2D eigenvalue weighted by Gasteiger charge is -2.59. The first kappa shape index (κ1) is 16.1. The minimum absolute atomic E-state index is 1.15. The second kappa shape index (κ2) is 6.27. The molecule has 0 aliphatic carbocycles. The van der Waals surface area contributed by atoms with Gasteiger partial charge in [0, 0.05) is 5.48 Å². The summed E-state index contributed by atoms with van der Waals surface area (Å²) in [6.07, 6.45) is -5.42. The van der Waals surface area contributed by atoms with E-state index in [2.05, 4.69) is 15.9 Å². The van der Waals surface area contributed by atoms with Crippen molar-refractivity contribution in [1.29, 1.82) is 0 Å². The monoisotopic (exact) mass is 430 g/mol. The summed E-state index contributed by atoms with van der Waals surface area (Å²) in [7, 11) is 0. The number of ketones is 4. The van der Waals surface area contributed by atoms with Crippen LogP contribution in [0.2, 0.25) is 0 Å². The number of halogens is 1. The molecule has 1 aliphatic rings. The van der Waals surface area contributed by atoms with E-state index in [4.69, 9.17) is 10.2 Å². The van der Waals surface area contributed by atoms with Crippen LogP contribution in [0.3, 0.4) is 0 Å². The Hall–Kier alpha value is -1.08. The second-order valence-electron chi connectivity index (χ2n) is 5.47. The average molecular weight is 431 g/mol. The van der Waals surface area contributed by atoms with Crippen LogP contribution in [-0.2, 0) is 23.9 Å². The van der Waals surface area contributed by atoms with Crippen molar-refractivity contribution in [1.82, 2.24) is 0 Å². The van der Waals surface area contributed by atoms with E-state index in [1.54, 1.807) is 0 Å². The minimum atomic E-state index is -4.14. The lowest BCUT2D eigenvalue weighted by Crippen LogP contribution is -2.89. The third kappa shape index (κ3) is 2.53. The van der Waals surface area contributed by atoms with Gasteiger partial charge >= 0.3 is 0 Å². The first-order valence-electron chi connectivity index (χ1n) is 9.25. The number of hydrogen-bond donors (Lipinski definition) is 5. The summed E-state index contributed by atoms with van der Waals surface area (Å²) < 4.78 is 29.7. The van der Waals surface area contributed by atoms with Crippen LogP contribution in [0.15, 0.2) is 0 Å². The maximum absolute atomic E-state index is 12.5. The summed E-state index contributed by atoms with van der Waals surface area (Å²) in [6, 6.07) is 0. The van der Waals surface area contributed by atoms with Crippen molar-refractivity contribution < 1.29 is 54.9 Å². The molecule has 10 nitrogen and oxygen atoms in total. The normalized spacial score (nSPS) is 44.6. The molecule has 0 bridgehead atoms. The molecule has 1 rings (SSSR count). The molecule has 0 radical (unpaired) electrons. The topological polar surface area (TPSA) is 179 Å². The highest BCUT2D eigenvalue weighted by Crippen LogP contribution is 2.53. The minimum Gasteiger partial charge on any atom is -0.382 e. The van der Waals surface area contributed by atoms with Crippen LogP contribution in [0.25, 0.3) is 0 Å². The Bertz CT molecular complexity index is 721. The summed E-state index contributed by atoms with van der Waals surface area (Å²) >= 11 is 2.30. The molecular formula is C14H19BrO10. The van der Waals surface area contributed by atoms with E-state index in [1.165, 1.54) is 0 Å². The first-order chi connectivity index (χ1) is 13.2. The molecule has 0 aromatic heterocycles. The van der Waals surface area contributed by atoms with Crippen molar-refractivity contribution in [2.45, 2.75) is 61.3 Å². The Morgan fingerprint density at radius 2 is 1.44 bits per heavy atom. The maximum atomic E-state index is 12.5. The summed E-state index contributed by atoms with van der Waals surface area (Å²) in [5.74, 6) is -7.03. The molecule has 0 saturated carbocycles. The van der Waals surface area contributed by atoms with Crippen molar-refractivity contribution in [3.8, 4) is 0 Å². The zero-order valence-corrected chi connectivity index (χ0v) is 14.2. The molecule has 0 aromatic rings. The van der Waals surface area contributed by atoms with Gasteiger partial charge in [0.25, 0.3) is 4.70 Å². The molecule has 25 heavy (non-hydrogen) atoms. The highest BCUT2D eigenvalue weighted by Gasteiger charge is 2.83. The molecule has 5 N–H and O–H groups in total. The van der Waals surface area contributed by atoms with Crippen LogP contribution < -0.4 is 0 Å². The van der Waals surface area contributed by atoms with Crippen molar-refractivity contribution in [3.05, 3.63) is 0 Å². The standard InChI is InChI=1S/C14H19BrO10/c1-5(16)9(20)10-11(21,6(2)17)12(22,7(3)18)13(23,8(4)19)14(15,24)25-10/h9-10,20-24H,1-4H3/t9?,10-,11-,12+,13-,14?/m1/s1/i1D,2D,3D,4D. The molecule has 6 atom stereocenters. The molecule has 142 valence electrons. The van der Waals surface area contributed by atoms with E-state index < -0.39 is 84.4 Å². The second-order valence-corrected chi connectivity index (χ2v) is 6.54. The first-order valence-corrected chi connectivity index (χ1v) is 7.22. The van der Waals surface area contributed by atoms with Gasteiger partial charge in [-0.25, -0.2) is 0 Å². The van der Waals surface area contributed by atoms with Gasteiger partial charge < -0.3 is 30.3 Å². The van der Waals surface area contributed by atoms with Gasteiger partial charge in [0.1, 0.15) is 12.2 Å². The van der Waals surface area contributed by atoms with Crippen LogP contribution in [-0.4, -0.2) is 82.4 Å². The Kier molecular flexibility index (Phi) is 4.04. The lowest BCUT2D eigenvalue weighted by molar-refractivity contribution is -0.375. The molecule has 1 fully saturated rings. The number of aliphatic hydroxyl groups is 5. The predicted octanol–water partition coefficient (Wildman–Crippen LogP) is -2.66. The third-order valence-electron chi connectivity index (χ3n) is 4.07. The quantitative estimate of drug-likeness (QED) is 0.289. The Labute approximate surface area is 156 Å². The molecule has 1 aliphatic heterocycles. The smallest absolute Gasteiger partial charge is 0.265 e. The van der Waals surface area contributed by atoms with Crippen molar-refractivity contribution >= 4 is 39.1 Å². The average Bonchev–Trinajstić information content (AvgIpc) is 2.71. The van der Waals surface area contributed by atoms with Gasteiger partial charge in [-0.05, 0) is 43.5 Å². The number of ether oxygens (including phenoxy) is 1. The van der Waals surface area contributed by atoms with Crippen molar-refractivity contribution in [2.75, 3.05) is 0 Å². The number of carbonyl (C=O) groups excluding carboxylic acids is 4. The van der Waals surface area contributed by atoms with Gasteiger partial charge in [-0.3, -0.25) is 19.2 Å². The van der Waals surface area contributed by atoms with Gasteiger partial charge in [0.05, 0.1) is 0 Å². The summed E-state index contributed by atoms with van der Waals surface area (Å²) in [6.45, 7) is -5.49. The van der Waals surface area contributed by atoms with Crippen LogP contribution in [0, 0.1) is 0 Å². The molecule has 0 aromatic carbocycles. The Morgan fingerprint density at radius 3 is 1.88 bits per heavy atom. The van der Waals surface area contributed by atoms with Crippen LogP contribution in [0.4, 0.5) is 0 Å². The molecular weight excluding hydrogens is 408 g/mol. The summed E-state index contributed by atoms with van der Waals surface area (Å²) in [5.41, 5.74) is -12.0. The van der Waals surface area contributed by atoms with Gasteiger partial charge in [-0.1, -0.05) is 0 Å². The number of Topliss-reactive ketones (excluding diaryl/α,β-unsaturated/α-hetero) is 4. The number of alkyl halides is 1. The lowest BCUT2D eigenvalue weighted by atomic mass is 9.60. The fourth-order valence-electron chi connectivity index (χ4n) is 2.65. The fourth-order valence-corrected chi connectivity index (χ4v) is 3.36. The molecule has 0 spiro atoms. The van der Waals surface area contributed by atoms with Crippen LogP contribution in [0.5, 0.6) is 0 Å². The van der Waals surface area contributed by atoms with Gasteiger partial charge in [0.2, 0.25) is 11.2 Å². The highest BCUT2D eigenvalue weighted by molar-refractivity contribution is 9.10. The van der Waals surface area contributed by atoms with Crippen LogP contribution >= 0.6 is 15.9 Å². The summed E-state index contributed by atoms with van der Waals surface area (Å²) in [5, 5.41) is 53.5. The van der Waals surface area contributed by atoms with Crippen LogP contribution in [0.1, 0.15) is 33.1 Å². The Morgan fingerprint density at radius 1 is 0.960 bits per heavy atom. The number of rotatable bonds is 5. The van der Waals surface area contributed by atoms with Crippen molar-refractivity contribution in [3.63, 3.8) is 0 Å². The zero-order chi connectivity index (χ0) is 23.0. The molecule has 1 heterocycles. The third-order valence-corrected chi connectivity index (χ3v) is 4.83. The van der Waals surface area contributed by atoms with E-state index in [0.717, 1.165) is 0 Å². The van der Waals surface area contributed by atoms with E-state index in [1.807, 2.05) is 0 Å². The maximum Gasteiger partial charge on any atom is 0.265 e. The van der Waals surface area contributed by atoms with Gasteiger partial charge in [-0.15, -0.1) is 0 Å². The largest absolute Gasteiger partial charge is 0.382 e. The number of carbonyl (C=O) groups is 4. The highest BCUT2D eigenvalue weighted by atomic mass is 79.9. The SMILES string of the molecule is [2H]CC(=O)C(O)[C@H]1OC(O)(Br)[C@@](O)(C(=O)C[2H])[C@](O)(C(=O)C[2H])[C@@]1(O)C(=O)C[2H].